The number of hydrogen-bond donors (Lipinski definition) is 1. The summed E-state index contributed by atoms with van der Waals surface area (Å²) in [6, 6.07) is 0. The lowest BCUT2D eigenvalue weighted by Crippen LogP contribution is -2.47. The van der Waals surface area contributed by atoms with Crippen molar-refractivity contribution in [3.63, 3.8) is 0 Å². The second-order valence-electron chi connectivity index (χ2n) is 3.98. The molecule has 1 aromatic heterocycles. The number of thioether (sulfide) groups is 1. The molecule has 0 saturated carbocycles. The SMILES string of the molecule is CSc1ncc(Cl)c(C(=O)N2CCOC(CO)C2)n1. The van der Waals surface area contributed by atoms with Crippen LogP contribution in [0.1, 0.15) is 10.5 Å². The number of rotatable bonds is 3. The highest BCUT2D eigenvalue weighted by Gasteiger charge is 2.27. The second-order valence-corrected chi connectivity index (χ2v) is 5.16. The van der Waals surface area contributed by atoms with Gasteiger partial charge in [0.15, 0.2) is 10.9 Å². The third kappa shape index (κ3) is 3.36. The summed E-state index contributed by atoms with van der Waals surface area (Å²) in [5.74, 6) is -0.260. The fraction of sp³-hybridized carbons (Fsp3) is 0.545. The number of aliphatic hydroxyl groups is 1. The first-order valence-corrected chi connectivity index (χ1v) is 7.34. The van der Waals surface area contributed by atoms with Gasteiger partial charge in [0.1, 0.15) is 0 Å². The summed E-state index contributed by atoms with van der Waals surface area (Å²) in [4.78, 5) is 22.1. The predicted molar refractivity (Wildman–Crippen MR) is 71.6 cm³/mol. The molecule has 1 N–H and O–H groups in total. The van der Waals surface area contributed by atoms with E-state index in [2.05, 4.69) is 9.97 Å². The molecule has 0 spiro atoms. The van der Waals surface area contributed by atoms with E-state index in [0.29, 0.717) is 24.9 Å². The standard InChI is InChI=1S/C11H14ClN3O3S/c1-19-11-13-4-8(12)9(14-11)10(17)15-2-3-18-7(5-15)6-16/h4,7,16H,2-3,5-6H2,1H3. The highest BCUT2D eigenvalue weighted by Crippen LogP contribution is 2.19. The fourth-order valence-corrected chi connectivity index (χ4v) is 2.28. The molecule has 6 nitrogen and oxygen atoms in total. The van der Waals surface area contributed by atoms with Gasteiger partial charge < -0.3 is 14.7 Å². The Morgan fingerprint density at radius 1 is 1.74 bits per heavy atom. The van der Waals surface area contributed by atoms with Crippen LogP contribution in [0.2, 0.25) is 5.02 Å². The van der Waals surface area contributed by atoms with Crippen LogP contribution in [0.25, 0.3) is 0 Å². The van der Waals surface area contributed by atoms with Gasteiger partial charge in [-0.05, 0) is 6.26 Å². The van der Waals surface area contributed by atoms with Gasteiger partial charge in [0, 0.05) is 13.1 Å². The number of aromatic nitrogens is 2. The van der Waals surface area contributed by atoms with E-state index >= 15 is 0 Å². The smallest absolute Gasteiger partial charge is 0.274 e. The molecule has 0 aromatic carbocycles. The summed E-state index contributed by atoms with van der Waals surface area (Å²) in [6.07, 6.45) is 2.91. The normalized spacial score (nSPS) is 19.5. The lowest BCUT2D eigenvalue weighted by molar-refractivity contribution is -0.0448. The number of amides is 1. The maximum atomic E-state index is 12.4. The topological polar surface area (TPSA) is 75.6 Å². The van der Waals surface area contributed by atoms with Gasteiger partial charge in [-0.25, -0.2) is 9.97 Å². The molecule has 2 heterocycles. The third-order valence-corrected chi connectivity index (χ3v) is 3.58. The lowest BCUT2D eigenvalue weighted by Gasteiger charge is -2.31. The average molecular weight is 304 g/mol. The Kier molecular flexibility index (Phi) is 4.98. The van der Waals surface area contributed by atoms with Crippen LogP contribution in [-0.4, -0.2) is 64.5 Å². The zero-order valence-corrected chi connectivity index (χ0v) is 11.9. The molecule has 104 valence electrons. The van der Waals surface area contributed by atoms with Crippen molar-refractivity contribution >= 4 is 29.3 Å². The number of nitrogens with zero attached hydrogens (tertiary/aromatic N) is 3. The van der Waals surface area contributed by atoms with Crippen LogP contribution in [-0.2, 0) is 4.74 Å². The summed E-state index contributed by atoms with van der Waals surface area (Å²) < 4.78 is 5.30. The molecule has 1 aromatic rings. The molecule has 2 rings (SSSR count). The first-order chi connectivity index (χ1) is 9.15. The molecule has 1 atom stereocenters. The number of carbonyl (C=O) groups excluding carboxylic acids is 1. The van der Waals surface area contributed by atoms with Crippen LogP contribution in [0.4, 0.5) is 0 Å². The minimum absolute atomic E-state index is 0.114. The molecule has 1 amide bonds. The van der Waals surface area contributed by atoms with Gasteiger partial charge in [-0.3, -0.25) is 4.79 Å². The van der Waals surface area contributed by atoms with Crippen molar-refractivity contribution in [2.24, 2.45) is 0 Å². The van der Waals surface area contributed by atoms with Crippen LogP contribution < -0.4 is 0 Å². The Morgan fingerprint density at radius 3 is 3.21 bits per heavy atom. The molecule has 1 aliphatic rings. The summed E-state index contributed by atoms with van der Waals surface area (Å²) in [5, 5.41) is 9.81. The Morgan fingerprint density at radius 2 is 2.53 bits per heavy atom. The Hall–Kier alpha value is -0.890. The summed E-state index contributed by atoms with van der Waals surface area (Å²) in [5.41, 5.74) is 0.194. The van der Waals surface area contributed by atoms with Crippen molar-refractivity contribution in [1.29, 1.82) is 0 Å². The molecule has 1 unspecified atom stereocenters. The first-order valence-electron chi connectivity index (χ1n) is 5.74. The Bertz CT molecular complexity index is 474. The quantitative estimate of drug-likeness (QED) is 0.654. The zero-order valence-electron chi connectivity index (χ0n) is 10.4. The minimum Gasteiger partial charge on any atom is -0.394 e. The predicted octanol–water partition coefficient (Wildman–Crippen LogP) is 0.685. The Labute approximate surface area is 120 Å². The van der Waals surface area contributed by atoms with Crippen molar-refractivity contribution < 1.29 is 14.6 Å². The monoisotopic (exact) mass is 303 g/mol. The van der Waals surface area contributed by atoms with Crippen molar-refractivity contribution in [1.82, 2.24) is 14.9 Å². The molecular weight excluding hydrogens is 290 g/mol. The number of carbonyl (C=O) groups is 1. The third-order valence-electron chi connectivity index (χ3n) is 2.74. The average Bonchev–Trinajstić information content (AvgIpc) is 2.47. The van der Waals surface area contributed by atoms with E-state index in [-0.39, 0.29) is 29.3 Å². The van der Waals surface area contributed by atoms with Crippen LogP contribution >= 0.6 is 23.4 Å². The van der Waals surface area contributed by atoms with Crippen LogP contribution in [0.15, 0.2) is 11.4 Å². The van der Waals surface area contributed by atoms with E-state index < -0.39 is 0 Å². The summed E-state index contributed by atoms with van der Waals surface area (Å²) >= 11 is 7.32. The van der Waals surface area contributed by atoms with Gasteiger partial charge in [-0.15, -0.1) is 0 Å². The van der Waals surface area contributed by atoms with Gasteiger partial charge in [-0.1, -0.05) is 23.4 Å². The molecule has 0 aliphatic carbocycles. The maximum absolute atomic E-state index is 12.4. The minimum atomic E-state index is -0.349. The second kappa shape index (κ2) is 6.51. The molecule has 1 aliphatic heterocycles. The molecule has 0 bridgehead atoms. The largest absolute Gasteiger partial charge is 0.394 e. The van der Waals surface area contributed by atoms with E-state index in [1.807, 2.05) is 6.26 Å². The van der Waals surface area contributed by atoms with E-state index in [0.717, 1.165) is 0 Å². The van der Waals surface area contributed by atoms with E-state index in [1.54, 1.807) is 4.90 Å². The number of ether oxygens (including phenoxy) is 1. The van der Waals surface area contributed by atoms with Crippen molar-refractivity contribution in [3.05, 3.63) is 16.9 Å². The van der Waals surface area contributed by atoms with Gasteiger partial charge in [0.2, 0.25) is 0 Å². The molecule has 1 fully saturated rings. The number of hydrogen-bond acceptors (Lipinski definition) is 6. The molecule has 0 radical (unpaired) electrons. The number of morpholine rings is 1. The van der Waals surface area contributed by atoms with E-state index in [1.165, 1.54) is 18.0 Å². The molecule has 1 saturated heterocycles. The highest BCUT2D eigenvalue weighted by atomic mass is 35.5. The highest BCUT2D eigenvalue weighted by molar-refractivity contribution is 7.98. The molecular formula is C11H14ClN3O3S. The number of aliphatic hydroxyl groups excluding tert-OH is 1. The molecule has 19 heavy (non-hydrogen) atoms. The number of halogens is 1. The first kappa shape index (κ1) is 14.5. The van der Waals surface area contributed by atoms with E-state index in [4.69, 9.17) is 21.4 Å². The lowest BCUT2D eigenvalue weighted by atomic mass is 10.2. The fourth-order valence-electron chi connectivity index (χ4n) is 1.76. The van der Waals surface area contributed by atoms with Gasteiger partial charge >= 0.3 is 0 Å². The van der Waals surface area contributed by atoms with Crippen LogP contribution in [0, 0.1) is 0 Å². The zero-order chi connectivity index (χ0) is 13.8. The van der Waals surface area contributed by atoms with Gasteiger partial charge in [0.05, 0.1) is 30.5 Å². The van der Waals surface area contributed by atoms with E-state index in [9.17, 15) is 4.79 Å². The summed E-state index contributed by atoms with van der Waals surface area (Å²) in [6.45, 7) is 1.08. The van der Waals surface area contributed by atoms with Crippen molar-refractivity contribution in [2.45, 2.75) is 11.3 Å². The van der Waals surface area contributed by atoms with Crippen molar-refractivity contribution in [3.8, 4) is 0 Å². The van der Waals surface area contributed by atoms with Crippen LogP contribution in [0.3, 0.4) is 0 Å². The van der Waals surface area contributed by atoms with Gasteiger partial charge in [-0.2, -0.15) is 0 Å². The summed E-state index contributed by atoms with van der Waals surface area (Å²) in [7, 11) is 0. The van der Waals surface area contributed by atoms with Gasteiger partial charge in [0.25, 0.3) is 5.91 Å². The maximum Gasteiger partial charge on any atom is 0.274 e. The molecule has 8 heteroatoms. The van der Waals surface area contributed by atoms with Crippen LogP contribution in [0.5, 0.6) is 0 Å². The van der Waals surface area contributed by atoms with Crippen molar-refractivity contribution in [2.75, 3.05) is 32.6 Å². The Balaban J connectivity index is 2.18.